The first-order valence-electron chi connectivity index (χ1n) is 5.04. The summed E-state index contributed by atoms with van der Waals surface area (Å²) in [7, 11) is 3.27. The average molecular weight is 218 g/mol. The van der Waals surface area contributed by atoms with E-state index in [-0.39, 0.29) is 0 Å². The van der Waals surface area contributed by atoms with Crippen LogP contribution in [0.5, 0.6) is 11.5 Å². The maximum atomic E-state index is 5.59. The minimum Gasteiger partial charge on any atom is -0.496 e. The van der Waals surface area contributed by atoms with Crippen molar-refractivity contribution in [1.82, 2.24) is 0 Å². The number of benzene rings is 1. The van der Waals surface area contributed by atoms with Crippen molar-refractivity contribution >= 4 is 0 Å². The van der Waals surface area contributed by atoms with Crippen LogP contribution in [0, 0.1) is 6.92 Å². The Bertz CT molecular complexity index is 463. The Labute approximate surface area is 94.6 Å². The second kappa shape index (κ2) is 4.31. The van der Waals surface area contributed by atoms with Crippen LogP contribution in [0.25, 0.3) is 11.3 Å². The molecule has 2 aromatic rings. The van der Waals surface area contributed by atoms with E-state index in [9.17, 15) is 0 Å². The number of methoxy groups -OCH3 is 2. The lowest BCUT2D eigenvalue weighted by molar-refractivity contribution is 0.394. The summed E-state index contributed by atoms with van der Waals surface area (Å²) in [6.07, 6.45) is 0. The van der Waals surface area contributed by atoms with Gasteiger partial charge >= 0.3 is 0 Å². The highest BCUT2D eigenvalue weighted by Gasteiger charge is 2.14. The Morgan fingerprint density at radius 1 is 0.938 bits per heavy atom. The highest BCUT2D eigenvalue weighted by Crippen LogP contribution is 2.38. The highest BCUT2D eigenvalue weighted by molar-refractivity contribution is 5.73. The van der Waals surface area contributed by atoms with E-state index < -0.39 is 0 Å². The molecule has 84 valence electrons. The Balaban J connectivity index is 2.60. The van der Waals surface area contributed by atoms with Gasteiger partial charge in [0, 0.05) is 0 Å². The SMILES string of the molecule is COc1cccc(OC)c1-c1ccc(C)o1. The topological polar surface area (TPSA) is 31.6 Å². The number of rotatable bonds is 3. The second-order valence-electron chi connectivity index (χ2n) is 3.45. The zero-order valence-corrected chi connectivity index (χ0v) is 9.61. The molecule has 0 aliphatic carbocycles. The fraction of sp³-hybridized carbons (Fsp3) is 0.231. The van der Waals surface area contributed by atoms with Gasteiger partial charge in [0.15, 0.2) is 0 Å². The molecule has 0 aliphatic heterocycles. The smallest absolute Gasteiger partial charge is 0.141 e. The largest absolute Gasteiger partial charge is 0.496 e. The molecule has 0 saturated heterocycles. The summed E-state index contributed by atoms with van der Waals surface area (Å²) in [5.41, 5.74) is 0.848. The van der Waals surface area contributed by atoms with Crippen LogP contribution in [-0.4, -0.2) is 14.2 Å². The monoisotopic (exact) mass is 218 g/mol. The van der Waals surface area contributed by atoms with Gasteiger partial charge in [-0.05, 0) is 31.2 Å². The van der Waals surface area contributed by atoms with Crippen molar-refractivity contribution in [1.29, 1.82) is 0 Å². The van der Waals surface area contributed by atoms with Gasteiger partial charge in [0.05, 0.1) is 14.2 Å². The summed E-state index contributed by atoms with van der Waals surface area (Å²) in [5, 5.41) is 0. The van der Waals surface area contributed by atoms with Gasteiger partial charge in [0.1, 0.15) is 28.6 Å². The molecule has 0 fully saturated rings. The predicted octanol–water partition coefficient (Wildman–Crippen LogP) is 3.27. The van der Waals surface area contributed by atoms with Gasteiger partial charge in [0.25, 0.3) is 0 Å². The molecule has 0 atom stereocenters. The number of hydrogen-bond acceptors (Lipinski definition) is 3. The van der Waals surface area contributed by atoms with Crippen molar-refractivity contribution in [3.05, 3.63) is 36.1 Å². The van der Waals surface area contributed by atoms with E-state index in [2.05, 4.69) is 0 Å². The van der Waals surface area contributed by atoms with E-state index in [0.29, 0.717) is 0 Å². The molecule has 1 aromatic heterocycles. The van der Waals surface area contributed by atoms with Crippen molar-refractivity contribution in [2.24, 2.45) is 0 Å². The lowest BCUT2D eigenvalue weighted by Gasteiger charge is -2.10. The quantitative estimate of drug-likeness (QED) is 0.792. The van der Waals surface area contributed by atoms with Gasteiger partial charge < -0.3 is 13.9 Å². The predicted molar refractivity (Wildman–Crippen MR) is 62.0 cm³/mol. The highest BCUT2D eigenvalue weighted by atomic mass is 16.5. The molecule has 3 heteroatoms. The van der Waals surface area contributed by atoms with E-state index in [1.165, 1.54) is 0 Å². The standard InChI is InChI=1S/C13H14O3/c1-9-7-8-12(16-9)13-10(14-2)5-4-6-11(13)15-3/h4-8H,1-3H3. The molecule has 16 heavy (non-hydrogen) atoms. The van der Waals surface area contributed by atoms with Gasteiger partial charge in [-0.1, -0.05) is 6.07 Å². The molecule has 0 aliphatic rings. The number of ether oxygens (including phenoxy) is 2. The molecule has 1 heterocycles. The van der Waals surface area contributed by atoms with Crippen LogP contribution in [0.3, 0.4) is 0 Å². The molecule has 0 saturated carbocycles. The Hall–Kier alpha value is -1.90. The minimum absolute atomic E-state index is 0.744. The molecular weight excluding hydrogens is 204 g/mol. The lowest BCUT2D eigenvalue weighted by Crippen LogP contribution is -1.91. The Morgan fingerprint density at radius 2 is 1.56 bits per heavy atom. The minimum atomic E-state index is 0.744. The zero-order chi connectivity index (χ0) is 11.5. The molecular formula is C13H14O3. The van der Waals surface area contributed by atoms with Crippen LogP contribution in [0.4, 0.5) is 0 Å². The fourth-order valence-corrected chi connectivity index (χ4v) is 1.66. The van der Waals surface area contributed by atoms with Crippen molar-refractivity contribution < 1.29 is 13.9 Å². The molecule has 0 N–H and O–H groups in total. The number of aryl methyl sites for hydroxylation is 1. The zero-order valence-electron chi connectivity index (χ0n) is 9.61. The summed E-state index contributed by atoms with van der Waals surface area (Å²) < 4.78 is 16.2. The second-order valence-corrected chi connectivity index (χ2v) is 3.45. The normalized spacial score (nSPS) is 10.2. The lowest BCUT2D eigenvalue weighted by atomic mass is 10.1. The first-order chi connectivity index (χ1) is 7.76. The number of hydrogen-bond donors (Lipinski definition) is 0. The average Bonchev–Trinajstić information content (AvgIpc) is 2.74. The van der Waals surface area contributed by atoms with Crippen molar-refractivity contribution in [2.75, 3.05) is 14.2 Å². The first-order valence-corrected chi connectivity index (χ1v) is 5.04. The third-order valence-electron chi connectivity index (χ3n) is 2.41. The molecule has 0 unspecified atom stereocenters. The Kier molecular flexibility index (Phi) is 2.86. The van der Waals surface area contributed by atoms with E-state index in [1.54, 1.807) is 14.2 Å². The number of furan rings is 1. The Morgan fingerprint density at radius 3 is 2.00 bits per heavy atom. The van der Waals surface area contributed by atoms with Crippen LogP contribution in [0.2, 0.25) is 0 Å². The van der Waals surface area contributed by atoms with Crippen LogP contribution < -0.4 is 9.47 Å². The summed E-state index contributed by atoms with van der Waals surface area (Å²) in [4.78, 5) is 0. The summed E-state index contributed by atoms with van der Waals surface area (Å²) >= 11 is 0. The van der Waals surface area contributed by atoms with Crippen LogP contribution in [-0.2, 0) is 0 Å². The first kappa shape index (κ1) is 10.6. The molecule has 0 spiro atoms. The summed E-state index contributed by atoms with van der Waals surface area (Å²) in [5.74, 6) is 3.11. The van der Waals surface area contributed by atoms with Gasteiger partial charge in [0.2, 0.25) is 0 Å². The third kappa shape index (κ3) is 1.76. The van der Waals surface area contributed by atoms with Crippen molar-refractivity contribution in [2.45, 2.75) is 6.92 Å². The maximum absolute atomic E-state index is 5.59. The molecule has 0 amide bonds. The van der Waals surface area contributed by atoms with Crippen molar-refractivity contribution in [3.8, 4) is 22.8 Å². The van der Waals surface area contributed by atoms with Gasteiger partial charge in [-0.3, -0.25) is 0 Å². The van der Waals surface area contributed by atoms with Crippen LogP contribution in [0.1, 0.15) is 5.76 Å². The van der Waals surface area contributed by atoms with Gasteiger partial charge in [-0.15, -0.1) is 0 Å². The molecule has 1 aromatic carbocycles. The van der Waals surface area contributed by atoms with E-state index >= 15 is 0 Å². The molecule has 0 radical (unpaired) electrons. The van der Waals surface area contributed by atoms with Gasteiger partial charge in [-0.25, -0.2) is 0 Å². The van der Waals surface area contributed by atoms with Crippen molar-refractivity contribution in [3.63, 3.8) is 0 Å². The summed E-state index contributed by atoms with van der Waals surface area (Å²) in [6, 6.07) is 9.49. The van der Waals surface area contributed by atoms with E-state index in [0.717, 1.165) is 28.6 Å². The fourth-order valence-electron chi connectivity index (χ4n) is 1.66. The van der Waals surface area contributed by atoms with E-state index in [4.69, 9.17) is 13.9 Å². The van der Waals surface area contributed by atoms with Crippen LogP contribution >= 0.6 is 0 Å². The van der Waals surface area contributed by atoms with E-state index in [1.807, 2.05) is 37.3 Å². The van der Waals surface area contributed by atoms with Gasteiger partial charge in [-0.2, -0.15) is 0 Å². The molecule has 0 bridgehead atoms. The third-order valence-corrected chi connectivity index (χ3v) is 2.41. The molecule has 2 rings (SSSR count). The maximum Gasteiger partial charge on any atom is 0.141 e. The molecule has 3 nitrogen and oxygen atoms in total. The summed E-state index contributed by atoms with van der Waals surface area (Å²) in [6.45, 7) is 1.91. The van der Waals surface area contributed by atoms with Crippen LogP contribution in [0.15, 0.2) is 34.7 Å².